The number of allylic oxidation sites excluding steroid dienone is 1. The Morgan fingerprint density at radius 3 is 2.93 bits per heavy atom. The summed E-state index contributed by atoms with van der Waals surface area (Å²) in [5.41, 5.74) is 6.88. The average Bonchev–Trinajstić information content (AvgIpc) is 2.17. The van der Waals surface area contributed by atoms with E-state index in [-0.39, 0.29) is 17.6 Å². The first kappa shape index (κ1) is 9.41. The van der Waals surface area contributed by atoms with E-state index in [1.165, 1.54) is 6.07 Å². The predicted octanol–water partition coefficient (Wildman–Crippen LogP) is 1.58. The summed E-state index contributed by atoms with van der Waals surface area (Å²) in [5.74, 6) is 0.649. The summed E-state index contributed by atoms with van der Waals surface area (Å²) in [6.45, 7) is 1.88. The standard InChI is InChI=1S/C11H10N2O2/c1-6-8-3-2-7(14)4-10(8)15-11(13)9(6)5-12/h2-4,6,14H,13H2,1H3/t6-/m0/s1. The zero-order valence-electron chi connectivity index (χ0n) is 8.19. The molecular weight excluding hydrogens is 192 g/mol. The SMILES string of the molecule is C[C@@H]1C(C#N)=C(N)Oc2cc(O)ccc21. The van der Waals surface area contributed by atoms with E-state index in [4.69, 9.17) is 15.7 Å². The van der Waals surface area contributed by atoms with Gasteiger partial charge in [0.2, 0.25) is 5.88 Å². The highest BCUT2D eigenvalue weighted by atomic mass is 16.5. The number of nitriles is 1. The molecule has 1 heterocycles. The van der Waals surface area contributed by atoms with Crippen LogP contribution in [0.15, 0.2) is 29.7 Å². The number of phenolic OH excluding ortho intramolecular Hbond substituents is 1. The normalized spacial score (nSPS) is 19.1. The maximum Gasteiger partial charge on any atom is 0.205 e. The Kier molecular flexibility index (Phi) is 2.01. The van der Waals surface area contributed by atoms with Crippen LogP contribution in [0.2, 0.25) is 0 Å². The Morgan fingerprint density at radius 1 is 1.53 bits per heavy atom. The molecule has 0 spiro atoms. The van der Waals surface area contributed by atoms with Gasteiger partial charge >= 0.3 is 0 Å². The molecule has 2 rings (SSSR count). The van der Waals surface area contributed by atoms with Crippen molar-refractivity contribution < 1.29 is 9.84 Å². The van der Waals surface area contributed by atoms with Crippen molar-refractivity contribution >= 4 is 0 Å². The Hall–Kier alpha value is -2.15. The van der Waals surface area contributed by atoms with Crippen molar-refractivity contribution in [3.63, 3.8) is 0 Å². The highest BCUT2D eigenvalue weighted by Gasteiger charge is 2.25. The molecule has 0 fully saturated rings. The number of nitrogens with two attached hydrogens (primary N) is 1. The predicted molar refractivity (Wildman–Crippen MR) is 54.0 cm³/mol. The van der Waals surface area contributed by atoms with Gasteiger partial charge in [0.25, 0.3) is 0 Å². The van der Waals surface area contributed by atoms with Gasteiger partial charge in [-0.3, -0.25) is 0 Å². The Labute approximate surface area is 87.2 Å². The molecule has 4 heteroatoms. The third kappa shape index (κ3) is 1.38. The minimum absolute atomic E-state index is 0.0978. The Balaban J connectivity index is 2.55. The number of nitrogens with zero attached hydrogens (tertiary/aromatic N) is 1. The van der Waals surface area contributed by atoms with Gasteiger partial charge in [0, 0.05) is 17.5 Å². The van der Waals surface area contributed by atoms with Gasteiger partial charge in [-0.15, -0.1) is 0 Å². The molecule has 0 bridgehead atoms. The molecule has 0 saturated carbocycles. The van der Waals surface area contributed by atoms with E-state index in [0.29, 0.717) is 11.3 Å². The van der Waals surface area contributed by atoms with E-state index < -0.39 is 0 Å². The van der Waals surface area contributed by atoms with Crippen LogP contribution >= 0.6 is 0 Å². The number of hydrogen-bond acceptors (Lipinski definition) is 4. The molecule has 76 valence electrons. The fourth-order valence-electron chi connectivity index (χ4n) is 1.66. The largest absolute Gasteiger partial charge is 0.508 e. The number of fused-ring (bicyclic) bond motifs is 1. The van der Waals surface area contributed by atoms with Crippen molar-refractivity contribution in [2.24, 2.45) is 5.73 Å². The number of rotatable bonds is 0. The molecule has 3 N–H and O–H groups in total. The topological polar surface area (TPSA) is 79.3 Å². The van der Waals surface area contributed by atoms with Gasteiger partial charge in [0.1, 0.15) is 17.6 Å². The highest BCUT2D eigenvalue weighted by molar-refractivity contribution is 5.51. The number of aromatic hydroxyl groups is 1. The van der Waals surface area contributed by atoms with E-state index in [2.05, 4.69) is 0 Å². The van der Waals surface area contributed by atoms with E-state index >= 15 is 0 Å². The second-order valence-corrected chi connectivity index (χ2v) is 3.44. The molecule has 1 aliphatic rings. The Bertz CT molecular complexity index is 486. The lowest BCUT2D eigenvalue weighted by Crippen LogP contribution is -2.18. The molecule has 4 nitrogen and oxygen atoms in total. The van der Waals surface area contributed by atoms with Gasteiger partial charge in [-0.1, -0.05) is 13.0 Å². The number of benzene rings is 1. The summed E-state index contributed by atoms with van der Waals surface area (Å²) < 4.78 is 5.26. The van der Waals surface area contributed by atoms with Crippen molar-refractivity contribution in [3.8, 4) is 17.6 Å². The molecule has 1 aromatic rings. The van der Waals surface area contributed by atoms with E-state index in [0.717, 1.165) is 5.56 Å². The summed E-state index contributed by atoms with van der Waals surface area (Å²) in [6, 6.07) is 6.82. The van der Waals surface area contributed by atoms with Crippen LogP contribution < -0.4 is 10.5 Å². The maximum atomic E-state index is 9.28. The quantitative estimate of drug-likeness (QED) is 0.669. The number of ether oxygens (including phenoxy) is 1. The van der Waals surface area contributed by atoms with Crippen LogP contribution in [0.3, 0.4) is 0 Å². The first-order valence-electron chi connectivity index (χ1n) is 4.54. The second-order valence-electron chi connectivity index (χ2n) is 3.44. The summed E-state index contributed by atoms with van der Waals surface area (Å²) in [7, 11) is 0. The van der Waals surface area contributed by atoms with Gasteiger partial charge < -0.3 is 15.6 Å². The molecule has 1 atom stereocenters. The third-order valence-electron chi connectivity index (χ3n) is 2.50. The van der Waals surface area contributed by atoms with Gasteiger partial charge in [-0.05, 0) is 6.07 Å². The molecule has 0 aromatic heterocycles. The summed E-state index contributed by atoms with van der Waals surface area (Å²) >= 11 is 0. The lowest BCUT2D eigenvalue weighted by molar-refractivity contribution is 0.386. The number of hydrogen-bond donors (Lipinski definition) is 2. The summed E-state index contributed by atoms with van der Waals surface area (Å²) in [5, 5.41) is 18.2. The summed E-state index contributed by atoms with van der Waals surface area (Å²) in [4.78, 5) is 0. The first-order valence-corrected chi connectivity index (χ1v) is 4.54. The van der Waals surface area contributed by atoms with Gasteiger partial charge in [-0.2, -0.15) is 5.26 Å². The van der Waals surface area contributed by atoms with Crippen molar-refractivity contribution in [3.05, 3.63) is 35.2 Å². The molecule has 0 unspecified atom stereocenters. The van der Waals surface area contributed by atoms with Crippen LogP contribution in [-0.2, 0) is 0 Å². The Morgan fingerprint density at radius 2 is 2.27 bits per heavy atom. The van der Waals surface area contributed by atoms with E-state index in [1.54, 1.807) is 12.1 Å². The van der Waals surface area contributed by atoms with Crippen molar-refractivity contribution in [1.29, 1.82) is 5.26 Å². The van der Waals surface area contributed by atoms with Crippen molar-refractivity contribution in [1.82, 2.24) is 0 Å². The van der Waals surface area contributed by atoms with Crippen LogP contribution in [0.5, 0.6) is 11.5 Å². The van der Waals surface area contributed by atoms with Gasteiger partial charge in [-0.25, -0.2) is 0 Å². The van der Waals surface area contributed by atoms with Crippen molar-refractivity contribution in [2.75, 3.05) is 0 Å². The minimum Gasteiger partial charge on any atom is -0.508 e. The van der Waals surface area contributed by atoms with E-state index in [1.807, 2.05) is 13.0 Å². The lowest BCUT2D eigenvalue weighted by atomic mass is 9.91. The van der Waals surface area contributed by atoms with Gasteiger partial charge in [0.05, 0.1) is 5.57 Å². The molecule has 1 aliphatic heterocycles. The first-order chi connectivity index (χ1) is 7.13. The molecular formula is C11H10N2O2. The van der Waals surface area contributed by atoms with Crippen LogP contribution in [0, 0.1) is 11.3 Å². The van der Waals surface area contributed by atoms with E-state index in [9.17, 15) is 5.11 Å². The molecule has 0 amide bonds. The van der Waals surface area contributed by atoms with Crippen LogP contribution in [0.25, 0.3) is 0 Å². The van der Waals surface area contributed by atoms with Crippen molar-refractivity contribution in [2.45, 2.75) is 12.8 Å². The lowest BCUT2D eigenvalue weighted by Gasteiger charge is -2.23. The van der Waals surface area contributed by atoms with Crippen LogP contribution in [0.4, 0.5) is 0 Å². The number of phenols is 1. The smallest absolute Gasteiger partial charge is 0.205 e. The fraction of sp³-hybridized carbons (Fsp3) is 0.182. The summed E-state index contributed by atoms with van der Waals surface area (Å²) in [6.07, 6.45) is 0. The zero-order chi connectivity index (χ0) is 11.0. The second kappa shape index (κ2) is 3.21. The molecule has 1 aromatic carbocycles. The molecule has 0 saturated heterocycles. The molecule has 15 heavy (non-hydrogen) atoms. The van der Waals surface area contributed by atoms with Crippen LogP contribution in [-0.4, -0.2) is 5.11 Å². The highest BCUT2D eigenvalue weighted by Crippen LogP contribution is 2.38. The maximum absolute atomic E-state index is 9.28. The average molecular weight is 202 g/mol. The zero-order valence-corrected chi connectivity index (χ0v) is 8.19. The molecule has 0 radical (unpaired) electrons. The monoisotopic (exact) mass is 202 g/mol. The molecule has 0 aliphatic carbocycles. The van der Waals surface area contributed by atoms with Gasteiger partial charge in [0.15, 0.2) is 0 Å². The third-order valence-corrected chi connectivity index (χ3v) is 2.50. The van der Waals surface area contributed by atoms with Crippen LogP contribution in [0.1, 0.15) is 18.4 Å². The minimum atomic E-state index is -0.0978. The fourth-order valence-corrected chi connectivity index (χ4v) is 1.66.